The van der Waals surface area contributed by atoms with Crippen molar-refractivity contribution in [1.29, 1.82) is 5.26 Å². The van der Waals surface area contributed by atoms with Gasteiger partial charge in [-0.25, -0.2) is 0 Å². The number of hydrogen-bond acceptors (Lipinski definition) is 2. The lowest BCUT2D eigenvalue weighted by Crippen LogP contribution is -2.01. The average Bonchev–Trinajstić information content (AvgIpc) is 2.04. The van der Waals surface area contributed by atoms with Gasteiger partial charge in [-0.15, -0.1) is 0 Å². The summed E-state index contributed by atoms with van der Waals surface area (Å²) < 4.78 is 0. The lowest BCUT2D eigenvalue weighted by atomic mass is 10.1. The molecule has 0 saturated carbocycles. The maximum atomic E-state index is 8.40. The fraction of sp³-hybridized carbons (Fsp3) is 0.300. The molecule has 0 atom stereocenters. The van der Waals surface area contributed by atoms with Crippen molar-refractivity contribution in [2.45, 2.75) is 13.8 Å². The molecule has 0 heterocycles. The summed E-state index contributed by atoms with van der Waals surface area (Å²) >= 11 is 0. The second-order valence-corrected chi connectivity index (χ2v) is 2.78. The first-order chi connectivity index (χ1) is 5.75. The van der Waals surface area contributed by atoms with E-state index in [2.05, 4.69) is 11.4 Å². The third-order valence-electron chi connectivity index (χ3n) is 1.83. The molecule has 0 fully saturated rings. The smallest absolute Gasteiger partial charge is 0.103 e. The molecule has 2 nitrogen and oxygen atoms in total. The highest BCUT2D eigenvalue weighted by molar-refractivity contribution is 5.56. The minimum atomic E-state index is 0.367. The molecule has 0 saturated heterocycles. The van der Waals surface area contributed by atoms with Gasteiger partial charge in [-0.1, -0.05) is 18.2 Å². The van der Waals surface area contributed by atoms with Gasteiger partial charge < -0.3 is 5.32 Å². The standard InChI is InChI=1S/C10H12N2/c1-8-4-3-5-9(2)10(8)12-7-6-11/h3-5,12H,7H2,1-2H3. The van der Waals surface area contributed by atoms with Crippen LogP contribution in [0.1, 0.15) is 11.1 Å². The van der Waals surface area contributed by atoms with Crippen LogP contribution in [0.4, 0.5) is 5.69 Å². The predicted molar refractivity (Wildman–Crippen MR) is 50.0 cm³/mol. The average molecular weight is 160 g/mol. The largest absolute Gasteiger partial charge is 0.372 e. The van der Waals surface area contributed by atoms with Crippen LogP contribution >= 0.6 is 0 Å². The highest BCUT2D eigenvalue weighted by atomic mass is 14.9. The molecule has 0 spiro atoms. The molecule has 0 aliphatic rings. The predicted octanol–water partition coefficient (Wildman–Crippen LogP) is 2.24. The van der Waals surface area contributed by atoms with E-state index in [9.17, 15) is 0 Å². The zero-order chi connectivity index (χ0) is 8.97. The van der Waals surface area contributed by atoms with Crippen molar-refractivity contribution in [3.8, 4) is 6.07 Å². The summed E-state index contributed by atoms with van der Waals surface area (Å²) in [4.78, 5) is 0. The van der Waals surface area contributed by atoms with Crippen LogP contribution in [0.5, 0.6) is 0 Å². The molecule has 0 unspecified atom stereocenters. The van der Waals surface area contributed by atoms with Crippen LogP contribution in [-0.4, -0.2) is 6.54 Å². The Hall–Kier alpha value is -1.49. The van der Waals surface area contributed by atoms with Crippen LogP contribution in [0.15, 0.2) is 18.2 Å². The monoisotopic (exact) mass is 160 g/mol. The lowest BCUT2D eigenvalue weighted by molar-refractivity contribution is 1.26. The van der Waals surface area contributed by atoms with Gasteiger partial charge in [-0.3, -0.25) is 0 Å². The van der Waals surface area contributed by atoms with Crippen molar-refractivity contribution in [1.82, 2.24) is 0 Å². The van der Waals surface area contributed by atoms with Crippen molar-refractivity contribution in [2.24, 2.45) is 0 Å². The number of nitrogens with zero attached hydrogens (tertiary/aromatic N) is 1. The van der Waals surface area contributed by atoms with Gasteiger partial charge >= 0.3 is 0 Å². The van der Waals surface area contributed by atoms with Crippen LogP contribution in [0.3, 0.4) is 0 Å². The van der Waals surface area contributed by atoms with Gasteiger partial charge in [0.15, 0.2) is 0 Å². The number of anilines is 1. The van der Waals surface area contributed by atoms with E-state index < -0.39 is 0 Å². The molecule has 2 heteroatoms. The molecule has 0 radical (unpaired) electrons. The van der Waals surface area contributed by atoms with Crippen molar-refractivity contribution >= 4 is 5.69 Å². The van der Waals surface area contributed by atoms with E-state index in [0.29, 0.717) is 6.54 Å². The SMILES string of the molecule is Cc1cccc(C)c1NCC#N. The number of benzene rings is 1. The molecular weight excluding hydrogens is 148 g/mol. The summed E-state index contributed by atoms with van der Waals surface area (Å²) in [7, 11) is 0. The Morgan fingerprint density at radius 3 is 2.42 bits per heavy atom. The van der Waals surface area contributed by atoms with Gasteiger partial charge in [-0.05, 0) is 25.0 Å². The zero-order valence-corrected chi connectivity index (χ0v) is 7.39. The quantitative estimate of drug-likeness (QED) is 0.673. The summed E-state index contributed by atoms with van der Waals surface area (Å²) in [6.07, 6.45) is 0. The molecule has 62 valence electrons. The molecule has 0 aliphatic heterocycles. The van der Waals surface area contributed by atoms with Crippen LogP contribution in [0.2, 0.25) is 0 Å². The highest BCUT2D eigenvalue weighted by Gasteiger charge is 1.98. The Morgan fingerprint density at radius 1 is 1.33 bits per heavy atom. The van der Waals surface area contributed by atoms with E-state index in [4.69, 9.17) is 5.26 Å². The molecule has 1 rings (SSSR count). The van der Waals surface area contributed by atoms with Crippen LogP contribution < -0.4 is 5.32 Å². The number of rotatable bonds is 2. The summed E-state index contributed by atoms with van der Waals surface area (Å²) in [6.45, 7) is 4.44. The minimum absolute atomic E-state index is 0.367. The molecule has 0 aliphatic carbocycles. The first kappa shape index (κ1) is 8.61. The van der Waals surface area contributed by atoms with Gasteiger partial charge in [-0.2, -0.15) is 5.26 Å². The molecule has 0 bridgehead atoms. The molecule has 12 heavy (non-hydrogen) atoms. The second kappa shape index (κ2) is 3.77. The molecule has 1 aromatic rings. The minimum Gasteiger partial charge on any atom is -0.372 e. The summed E-state index contributed by atoms with van der Waals surface area (Å²) in [6, 6.07) is 8.14. The van der Waals surface area contributed by atoms with Crippen molar-refractivity contribution < 1.29 is 0 Å². The number of hydrogen-bond donors (Lipinski definition) is 1. The third kappa shape index (κ3) is 1.76. The van der Waals surface area contributed by atoms with E-state index in [1.165, 1.54) is 11.1 Å². The maximum absolute atomic E-state index is 8.40. The summed E-state index contributed by atoms with van der Waals surface area (Å²) in [5.74, 6) is 0. The van der Waals surface area contributed by atoms with Gasteiger partial charge in [0.05, 0.1) is 6.07 Å². The number of para-hydroxylation sites is 1. The highest BCUT2D eigenvalue weighted by Crippen LogP contribution is 2.18. The van der Waals surface area contributed by atoms with Gasteiger partial charge in [0.1, 0.15) is 6.54 Å². The molecule has 1 N–H and O–H groups in total. The van der Waals surface area contributed by atoms with Crippen molar-refractivity contribution in [3.05, 3.63) is 29.3 Å². The molecular formula is C10H12N2. The van der Waals surface area contributed by atoms with E-state index in [1.807, 2.05) is 32.0 Å². The van der Waals surface area contributed by atoms with Crippen LogP contribution in [0.25, 0.3) is 0 Å². The summed E-state index contributed by atoms with van der Waals surface area (Å²) in [5.41, 5.74) is 3.45. The third-order valence-corrected chi connectivity index (χ3v) is 1.83. The van der Waals surface area contributed by atoms with E-state index >= 15 is 0 Å². The van der Waals surface area contributed by atoms with Crippen molar-refractivity contribution in [2.75, 3.05) is 11.9 Å². The number of nitrogens with one attached hydrogen (secondary N) is 1. The Bertz CT molecular complexity index is 290. The first-order valence-corrected chi connectivity index (χ1v) is 3.92. The Kier molecular flexibility index (Phi) is 2.71. The van der Waals surface area contributed by atoms with Gasteiger partial charge in [0.2, 0.25) is 0 Å². The van der Waals surface area contributed by atoms with E-state index in [-0.39, 0.29) is 0 Å². The van der Waals surface area contributed by atoms with Gasteiger partial charge in [0, 0.05) is 5.69 Å². The number of nitriles is 1. The molecule has 0 amide bonds. The van der Waals surface area contributed by atoms with Crippen LogP contribution in [-0.2, 0) is 0 Å². The summed E-state index contributed by atoms with van der Waals surface area (Å²) in [5, 5.41) is 11.5. The van der Waals surface area contributed by atoms with Crippen molar-refractivity contribution in [3.63, 3.8) is 0 Å². The van der Waals surface area contributed by atoms with Crippen LogP contribution in [0, 0.1) is 25.2 Å². The number of aryl methyl sites for hydroxylation is 2. The fourth-order valence-corrected chi connectivity index (χ4v) is 1.22. The zero-order valence-electron chi connectivity index (χ0n) is 7.39. The normalized spacial score (nSPS) is 9.08. The molecule has 1 aromatic carbocycles. The topological polar surface area (TPSA) is 35.8 Å². The van der Waals surface area contributed by atoms with E-state index in [1.54, 1.807) is 0 Å². The van der Waals surface area contributed by atoms with E-state index in [0.717, 1.165) is 5.69 Å². The second-order valence-electron chi connectivity index (χ2n) is 2.78. The Balaban J connectivity index is 2.90. The van der Waals surface area contributed by atoms with Gasteiger partial charge in [0.25, 0.3) is 0 Å². The molecule has 0 aromatic heterocycles. The maximum Gasteiger partial charge on any atom is 0.103 e. The fourth-order valence-electron chi connectivity index (χ4n) is 1.22. The lowest BCUT2D eigenvalue weighted by Gasteiger charge is -2.08. The first-order valence-electron chi connectivity index (χ1n) is 3.92. The Labute approximate surface area is 72.8 Å². The Morgan fingerprint density at radius 2 is 1.92 bits per heavy atom.